The summed E-state index contributed by atoms with van der Waals surface area (Å²) in [5, 5.41) is 7.07. The lowest BCUT2D eigenvalue weighted by atomic mass is 10.0. The van der Waals surface area contributed by atoms with Gasteiger partial charge < -0.3 is 0 Å². The summed E-state index contributed by atoms with van der Waals surface area (Å²) in [6.07, 6.45) is 3.95. The second-order valence-corrected chi connectivity index (χ2v) is 4.16. The van der Waals surface area contributed by atoms with E-state index in [1.54, 1.807) is 0 Å². The second-order valence-electron chi connectivity index (χ2n) is 4.16. The minimum Gasteiger partial charge on any atom is -0.203 e. The number of aryl methyl sites for hydroxylation is 1. The van der Waals surface area contributed by atoms with E-state index in [1.807, 2.05) is 6.33 Å². The largest absolute Gasteiger partial charge is 0.273 e. The molecule has 3 heterocycles. The van der Waals surface area contributed by atoms with E-state index in [2.05, 4.69) is 45.5 Å². The lowest BCUT2D eigenvalue weighted by Crippen LogP contribution is -2.17. The van der Waals surface area contributed by atoms with E-state index in [0.29, 0.717) is 0 Å². The molecule has 0 N–H and O–H groups in total. The summed E-state index contributed by atoms with van der Waals surface area (Å²) in [5.74, 6) is 0. The van der Waals surface area contributed by atoms with Crippen LogP contribution in [0, 0.1) is 6.92 Å². The number of aromatic nitrogens is 3. The third-order valence-corrected chi connectivity index (χ3v) is 3.33. The van der Waals surface area contributed by atoms with Crippen LogP contribution in [0.5, 0.6) is 0 Å². The maximum absolute atomic E-state index is 4.39. The number of hydrogen-bond acceptors (Lipinski definition) is 1. The Bertz CT molecular complexity index is 710. The van der Waals surface area contributed by atoms with Gasteiger partial charge >= 0.3 is 0 Å². The van der Waals surface area contributed by atoms with Crippen LogP contribution in [0.2, 0.25) is 0 Å². The third-order valence-electron chi connectivity index (χ3n) is 3.33. The lowest BCUT2D eigenvalue weighted by molar-refractivity contribution is -0.511. The number of pyridine rings is 1. The fraction of sp³-hybridized carbons (Fsp3) is 0.167. The Hall–Kier alpha value is -1.90. The molecule has 0 saturated heterocycles. The van der Waals surface area contributed by atoms with E-state index < -0.39 is 0 Å². The zero-order chi connectivity index (χ0) is 9.99. The lowest BCUT2D eigenvalue weighted by Gasteiger charge is -2.00. The first-order chi connectivity index (χ1) is 7.34. The van der Waals surface area contributed by atoms with Crippen LogP contribution in [-0.2, 0) is 6.54 Å². The highest BCUT2D eigenvalue weighted by Crippen LogP contribution is 2.29. The highest BCUT2D eigenvalue weighted by atomic mass is 15.4. The molecule has 15 heavy (non-hydrogen) atoms. The maximum Gasteiger partial charge on any atom is 0.273 e. The molecule has 0 amide bonds. The third kappa shape index (κ3) is 0.731. The molecule has 0 radical (unpaired) electrons. The van der Waals surface area contributed by atoms with Crippen molar-refractivity contribution in [2.75, 3.05) is 0 Å². The van der Waals surface area contributed by atoms with Crippen LogP contribution in [0.1, 0.15) is 11.1 Å². The molecule has 4 rings (SSSR count). The fourth-order valence-corrected chi connectivity index (χ4v) is 2.53. The molecule has 0 bridgehead atoms. The van der Waals surface area contributed by atoms with Crippen LogP contribution in [0.25, 0.3) is 16.4 Å². The van der Waals surface area contributed by atoms with Crippen molar-refractivity contribution >= 4 is 16.4 Å². The van der Waals surface area contributed by atoms with Crippen molar-refractivity contribution in [2.45, 2.75) is 13.5 Å². The van der Waals surface area contributed by atoms with Crippen molar-refractivity contribution in [1.29, 1.82) is 0 Å². The molecule has 1 aromatic carbocycles. The zero-order valence-electron chi connectivity index (χ0n) is 8.44. The van der Waals surface area contributed by atoms with Crippen molar-refractivity contribution in [2.24, 2.45) is 0 Å². The molecule has 0 aliphatic carbocycles. The van der Waals surface area contributed by atoms with Crippen LogP contribution in [0.15, 0.2) is 30.7 Å². The van der Waals surface area contributed by atoms with E-state index in [-0.39, 0.29) is 0 Å². The Labute approximate surface area is 86.6 Å². The van der Waals surface area contributed by atoms with Gasteiger partial charge in [-0.3, -0.25) is 0 Å². The van der Waals surface area contributed by atoms with Crippen LogP contribution < -0.4 is 4.40 Å². The summed E-state index contributed by atoms with van der Waals surface area (Å²) in [6, 6.07) is 6.54. The standard InChI is InChI=1S/C12H10N3/c1-8-2-3-9-4-5-14-7-13-15-6-10(8)11(9)12(14)15/h2-5,7H,6H2,1H3/q+1. The molecule has 0 fully saturated rings. The predicted molar refractivity (Wildman–Crippen MR) is 56.7 cm³/mol. The topological polar surface area (TPSA) is 21.9 Å². The molecular weight excluding hydrogens is 186 g/mol. The summed E-state index contributed by atoms with van der Waals surface area (Å²) in [4.78, 5) is 0. The van der Waals surface area contributed by atoms with Crippen molar-refractivity contribution < 1.29 is 4.40 Å². The summed E-state index contributed by atoms with van der Waals surface area (Å²) < 4.78 is 4.17. The molecule has 0 unspecified atom stereocenters. The van der Waals surface area contributed by atoms with Crippen molar-refractivity contribution in [3.63, 3.8) is 0 Å². The molecule has 0 atom stereocenters. The van der Waals surface area contributed by atoms with Gasteiger partial charge in [0.1, 0.15) is 6.54 Å². The van der Waals surface area contributed by atoms with E-state index >= 15 is 0 Å². The van der Waals surface area contributed by atoms with Gasteiger partial charge in [-0.15, -0.1) is 4.68 Å². The minimum absolute atomic E-state index is 0.916. The van der Waals surface area contributed by atoms with Gasteiger partial charge in [0.25, 0.3) is 12.0 Å². The van der Waals surface area contributed by atoms with E-state index in [9.17, 15) is 0 Å². The highest BCUT2D eigenvalue weighted by molar-refractivity contribution is 5.97. The Kier molecular flexibility index (Phi) is 1.08. The van der Waals surface area contributed by atoms with Crippen LogP contribution >= 0.6 is 0 Å². The van der Waals surface area contributed by atoms with Gasteiger partial charge in [-0.25, -0.2) is 4.40 Å². The van der Waals surface area contributed by atoms with Gasteiger partial charge in [-0.05, 0) is 23.9 Å². The van der Waals surface area contributed by atoms with E-state index in [4.69, 9.17) is 0 Å². The van der Waals surface area contributed by atoms with Crippen LogP contribution in [-0.4, -0.2) is 9.78 Å². The second kappa shape index (κ2) is 2.19. The molecule has 72 valence electrons. The smallest absolute Gasteiger partial charge is 0.203 e. The van der Waals surface area contributed by atoms with Crippen molar-refractivity contribution in [1.82, 2.24) is 9.78 Å². The number of rotatable bonds is 0. The highest BCUT2D eigenvalue weighted by Gasteiger charge is 2.25. The molecule has 2 aromatic heterocycles. The Morgan fingerprint density at radius 2 is 2.27 bits per heavy atom. The first-order valence-corrected chi connectivity index (χ1v) is 5.12. The SMILES string of the molecule is Cc1ccc2cc[n+]3cnn4c3c2c1C4. The molecule has 1 aliphatic heterocycles. The van der Waals surface area contributed by atoms with Gasteiger partial charge in [0.05, 0.1) is 11.6 Å². The number of nitrogens with zero attached hydrogens (tertiary/aromatic N) is 3. The molecule has 0 spiro atoms. The summed E-state index contributed by atoms with van der Waals surface area (Å²) in [7, 11) is 0. The van der Waals surface area contributed by atoms with Crippen LogP contribution in [0.4, 0.5) is 0 Å². The van der Waals surface area contributed by atoms with Crippen molar-refractivity contribution in [3.8, 4) is 0 Å². The van der Waals surface area contributed by atoms with E-state index in [1.165, 1.54) is 27.5 Å². The number of hydrogen-bond donors (Lipinski definition) is 0. The minimum atomic E-state index is 0.916. The molecule has 3 heteroatoms. The normalized spacial score (nSPS) is 13.4. The molecular formula is C12H10N3+. The summed E-state index contributed by atoms with van der Waals surface area (Å²) in [6.45, 7) is 3.09. The Morgan fingerprint density at radius 3 is 3.20 bits per heavy atom. The monoisotopic (exact) mass is 196 g/mol. The van der Waals surface area contributed by atoms with Crippen molar-refractivity contribution in [3.05, 3.63) is 41.9 Å². The molecule has 3 aromatic rings. The average molecular weight is 196 g/mol. The predicted octanol–water partition coefficient (Wildman–Crippen LogP) is 1.45. The van der Waals surface area contributed by atoms with Gasteiger partial charge in [0.2, 0.25) is 0 Å². The average Bonchev–Trinajstić information content (AvgIpc) is 2.80. The fourth-order valence-electron chi connectivity index (χ4n) is 2.53. The number of benzene rings is 1. The van der Waals surface area contributed by atoms with Crippen LogP contribution in [0.3, 0.4) is 0 Å². The molecule has 1 aliphatic rings. The molecule has 0 saturated carbocycles. The Balaban J connectivity index is 2.42. The Morgan fingerprint density at radius 1 is 1.33 bits per heavy atom. The first-order valence-electron chi connectivity index (χ1n) is 5.12. The summed E-state index contributed by atoms with van der Waals surface area (Å²) in [5.41, 5.74) is 4.01. The molecule has 3 nitrogen and oxygen atoms in total. The van der Waals surface area contributed by atoms with Gasteiger partial charge in [0, 0.05) is 10.7 Å². The van der Waals surface area contributed by atoms with E-state index in [0.717, 1.165) is 6.54 Å². The zero-order valence-corrected chi connectivity index (χ0v) is 8.44. The van der Waals surface area contributed by atoms with Gasteiger partial charge in [0.15, 0.2) is 0 Å². The quantitative estimate of drug-likeness (QED) is 0.390. The van der Waals surface area contributed by atoms with Gasteiger partial charge in [-0.1, -0.05) is 12.1 Å². The van der Waals surface area contributed by atoms with Gasteiger partial charge in [-0.2, -0.15) is 0 Å². The summed E-state index contributed by atoms with van der Waals surface area (Å²) >= 11 is 0. The first kappa shape index (κ1) is 7.40. The maximum atomic E-state index is 4.39.